The Morgan fingerprint density at radius 3 is 2.69 bits per heavy atom. The predicted molar refractivity (Wildman–Crippen MR) is 92.8 cm³/mol. The van der Waals surface area contributed by atoms with E-state index in [1.807, 2.05) is 0 Å². The van der Waals surface area contributed by atoms with E-state index in [-0.39, 0.29) is 5.57 Å². The average molecular weight is 380 g/mol. The Morgan fingerprint density at radius 2 is 2.04 bits per heavy atom. The molecule has 1 aromatic carbocycles. The van der Waals surface area contributed by atoms with Gasteiger partial charge in [0.2, 0.25) is 0 Å². The lowest BCUT2D eigenvalue weighted by Crippen LogP contribution is -2.48. The number of aliphatic hydroxyl groups excluding tert-OH is 1. The molecule has 26 heavy (non-hydrogen) atoms. The fraction of sp³-hybridized carbons (Fsp3) is 0.389. The zero-order valence-electron chi connectivity index (χ0n) is 14.1. The number of Topliss-reactive ketones (excluding diaryl/α,β-unsaturated/α-hetero) is 1. The number of rotatable bonds is 3. The molecule has 1 amide bonds. The van der Waals surface area contributed by atoms with E-state index in [0.717, 1.165) is 0 Å². The van der Waals surface area contributed by atoms with Crippen LogP contribution in [-0.4, -0.2) is 49.6 Å². The number of nitrogens with one attached hydrogen (secondary N) is 1. The smallest absolute Gasteiger partial charge is 0.325 e. The summed E-state index contributed by atoms with van der Waals surface area (Å²) in [6.45, 7) is 0.329. The molecule has 2 aliphatic rings. The van der Waals surface area contributed by atoms with Crippen LogP contribution < -0.4 is 5.32 Å². The van der Waals surface area contributed by atoms with E-state index in [4.69, 9.17) is 16.3 Å². The minimum Gasteiger partial charge on any atom is -0.506 e. The minimum atomic E-state index is -0.956. The second-order valence-electron chi connectivity index (χ2n) is 6.20. The summed E-state index contributed by atoms with van der Waals surface area (Å²) in [5.74, 6) is -2.40. The van der Waals surface area contributed by atoms with Gasteiger partial charge in [-0.05, 0) is 30.5 Å². The van der Waals surface area contributed by atoms with E-state index in [1.165, 1.54) is 13.2 Å². The van der Waals surface area contributed by atoms with Crippen LogP contribution in [0.4, 0.5) is 0 Å². The van der Waals surface area contributed by atoms with E-state index < -0.39 is 35.4 Å². The number of benzene rings is 1. The number of carbonyl (C=O) groups is 3. The molecule has 0 aromatic heterocycles. The maximum atomic E-state index is 13.2. The fourth-order valence-electron chi connectivity index (χ4n) is 3.47. The first-order valence-corrected chi connectivity index (χ1v) is 8.49. The molecule has 2 N–H and O–H groups in total. The Labute approximate surface area is 154 Å². The largest absolute Gasteiger partial charge is 0.506 e. The third-order valence-electron chi connectivity index (χ3n) is 4.85. The van der Waals surface area contributed by atoms with E-state index in [0.29, 0.717) is 42.2 Å². The van der Waals surface area contributed by atoms with Crippen molar-refractivity contribution < 1.29 is 29.0 Å². The highest BCUT2D eigenvalue weighted by Gasteiger charge is 2.50. The van der Waals surface area contributed by atoms with Crippen molar-refractivity contribution in [1.82, 2.24) is 5.32 Å². The summed E-state index contributed by atoms with van der Waals surface area (Å²) >= 11 is 6.05. The van der Waals surface area contributed by atoms with E-state index in [9.17, 15) is 19.5 Å². The third-order valence-corrected chi connectivity index (χ3v) is 5.08. The fourth-order valence-corrected chi connectivity index (χ4v) is 3.65. The van der Waals surface area contributed by atoms with Crippen molar-refractivity contribution in [2.75, 3.05) is 26.9 Å². The van der Waals surface area contributed by atoms with Gasteiger partial charge in [0.1, 0.15) is 17.9 Å². The first kappa shape index (κ1) is 18.4. The number of ether oxygens (including phenoxy) is 2. The highest BCUT2D eigenvalue weighted by atomic mass is 35.5. The molecule has 0 bridgehead atoms. The summed E-state index contributed by atoms with van der Waals surface area (Å²) < 4.78 is 9.85. The summed E-state index contributed by atoms with van der Waals surface area (Å²) in [5.41, 5.74) is -0.340. The highest BCUT2D eigenvalue weighted by Crippen LogP contribution is 2.46. The van der Waals surface area contributed by atoms with Gasteiger partial charge in [-0.3, -0.25) is 14.4 Å². The number of aliphatic hydroxyl groups is 1. The number of ketones is 1. The van der Waals surface area contributed by atoms with Gasteiger partial charge in [0.05, 0.1) is 12.5 Å². The molecule has 1 aromatic rings. The molecule has 0 radical (unpaired) electrons. The minimum absolute atomic E-state index is 0.349. The van der Waals surface area contributed by atoms with E-state index >= 15 is 0 Å². The van der Waals surface area contributed by atoms with E-state index in [1.54, 1.807) is 12.1 Å². The first-order valence-electron chi connectivity index (χ1n) is 8.12. The summed E-state index contributed by atoms with van der Waals surface area (Å²) in [6, 6.07) is 4.89. The van der Waals surface area contributed by atoms with Crippen LogP contribution in [0.15, 0.2) is 23.8 Å². The molecular weight excluding hydrogens is 362 g/mol. The maximum Gasteiger partial charge on any atom is 0.325 e. The predicted octanol–water partition coefficient (Wildman–Crippen LogP) is 1.53. The van der Waals surface area contributed by atoms with Gasteiger partial charge in [0.25, 0.3) is 5.91 Å². The van der Waals surface area contributed by atoms with Crippen molar-refractivity contribution in [3.8, 4) is 0 Å². The Kier molecular flexibility index (Phi) is 5.02. The summed E-state index contributed by atoms with van der Waals surface area (Å²) in [7, 11) is 1.19. The quantitative estimate of drug-likeness (QED) is 0.610. The van der Waals surface area contributed by atoms with Gasteiger partial charge in [0, 0.05) is 23.8 Å². The van der Waals surface area contributed by atoms with Crippen LogP contribution >= 0.6 is 11.6 Å². The molecule has 1 aliphatic carbocycles. The zero-order chi connectivity index (χ0) is 18.9. The van der Waals surface area contributed by atoms with Gasteiger partial charge < -0.3 is 19.9 Å². The number of halogens is 1. The van der Waals surface area contributed by atoms with Gasteiger partial charge in [-0.25, -0.2) is 0 Å². The molecule has 0 atom stereocenters. The normalized spacial score (nSPS) is 18.5. The van der Waals surface area contributed by atoms with Crippen molar-refractivity contribution in [2.45, 2.75) is 18.3 Å². The summed E-state index contributed by atoms with van der Waals surface area (Å²) in [4.78, 5) is 37.0. The van der Waals surface area contributed by atoms with Crippen molar-refractivity contribution >= 4 is 35.0 Å². The Hall–Kier alpha value is -2.38. The van der Waals surface area contributed by atoms with Gasteiger partial charge in [0.15, 0.2) is 5.78 Å². The molecule has 0 saturated carbocycles. The molecule has 1 heterocycles. The summed E-state index contributed by atoms with van der Waals surface area (Å²) in [6.07, 6.45) is 0.781. The van der Waals surface area contributed by atoms with Gasteiger partial charge in [-0.1, -0.05) is 17.7 Å². The van der Waals surface area contributed by atoms with Crippen molar-refractivity contribution in [3.63, 3.8) is 0 Å². The molecule has 1 aliphatic heterocycles. The molecule has 138 valence electrons. The number of hydrogen-bond acceptors (Lipinski definition) is 6. The number of hydrogen-bond donors (Lipinski definition) is 2. The standard InChI is InChI=1S/C18H18ClNO6/c1-25-13(21)9-20-17(24)14-15(22)11-8-10(19)2-3-12(11)18(16(14)23)4-6-26-7-5-18/h2-3,8,22H,4-7,9H2,1H3,(H,20,24). The van der Waals surface area contributed by atoms with Crippen LogP contribution in [0.3, 0.4) is 0 Å². The number of carbonyl (C=O) groups excluding carboxylic acids is 3. The maximum absolute atomic E-state index is 13.2. The molecule has 8 heteroatoms. The highest BCUT2D eigenvalue weighted by molar-refractivity contribution is 6.32. The third kappa shape index (κ3) is 2.97. The van der Waals surface area contributed by atoms with Crippen LogP contribution in [0.2, 0.25) is 5.02 Å². The van der Waals surface area contributed by atoms with Crippen LogP contribution in [0.1, 0.15) is 24.0 Å². The SMILES string of the molecule is COC(=O)CNC(=O)C1=C(O)c2cc(Cl)ccc2C2(CCOCC2)C1=O. The second kappa shape index (κ2) is 7.09. The molecule has 1 spiro atoms. The lowest BCUT2D eigenvalue weighted by molar-refractivity contribution is -0.141. The van der Waals surface area contributed by atoms with Crippen molar-refractivity contribution in [3.05, 3.63) is 39.9 Å². The molecule has 1 saturated heterocycles. The van der Waals surface area contributed by atoms with Crippen molar-refractivity contribution in [1.29, 1.82) is 0 Å². The van der Waals surface area contributed by atoms with Gasteiger partial charge in [-0.2, -0.15) is 0 Å². The van der Waals surface area contributed by atoms with Crippen LogP contribution in [0.5, 0.6) is 0 Å². The van der Waals surface area contributed by atoms with Gasteiger partial charge in [-0.15, -0.1) is 0 Å². The monoisotopic (exact) mass is 379 g/mol. The lowest BCUT2D eigenvalue weighted by atomic mass is 9.64. The Bertz CT molecular complexity index is 810. The molecule has 0 unspecified atom stereocenters. The van der Waals surface area contributed by atoms with Gasteiger partial charge >= 0.3 is 5.97 Å². The van der Waals surface area contributed by atoms with Crippen LogP contribution in [0, 0.1) is 0 Å². The number of esters is 1. The number of fused-ring (bicyclic) bond motifs is 2. The Balaban J connectivity index is 2.08. The van der Waals surface area contributed by atoms with E-state index in [2.05, 4.69) is 10.1 Å². The lowest BCUT2D eigenvalue weighted by Gasteiger charge is -2.40. The summed E-state index contributed by atoms with van der Waals surface area (Å²) in [5, 5.41) is 13.3. The topological polar surface area (TPSA) is 102 Å². The Morgan fingerprint density at radius 1 is 1.35 bits per heavy atom. The van der Waals surface area contributed by atoms with Crippen LogP contribution in [-0.2, 0) is 29.3 Å². The molecule has 7 nitrogen and oxygen atoms in total. The molecular formula is C18H18ClNO6. The van der Waals surface area contributed by atoms with Crippen molar-refractivity contribution in [2.24, 2.45) is 0 Å². The van der Waals surface area contributed by atoms with Crippen LogP contribution in [0.25, 0.3) is 5.76 Å². The average Bonchev–Trinajstić information content (AvgIpc) is 2.65. The molecule has 1 fully saturated rings. The first-order chi connectivity index (χ1) is 12.4. The number of methoxy groups -OCH3 is 1. The number of amides is 1. The zero-order valence-corrected chi connectivity index (χ0v) is 14.9. The molecule has 3 rings (SSSR count). The second-order valence-corrected chi connectivity index (χ2v) is 6.63.